The average molecular weight is 233 g/mol. The molecule has 0 aromatic heterocycles. The summed E-state index contributed by atoms with van der Waals surface area (Å²) >= 11 is 0. The Labute approximate surface area is 98.6 Å². The van der Waals surface area contributed by atoms with Crippen LogP contribution in [0.4, 0.5) is 0 Å². The topological polar surface area (TPSA) is 76.4 Å². The van der Waals surface area contributed by atoms with Crippen molar-refractivity contribution in [2.45, 2.75) is 13.0 Å². The molecule has 0 aliphatic carbocycles. The van der Waals surface area contributed by atoms with Gasteiger partial charge in [-0.3, -0.25) is 0 Å². The Morgan fingerprint density at radius 3 is 2.06 bits per heavy atom. The lowest BCUT2D eigenvalue weighted by Gasteiger charge is -2.06. The highest BCUT2D eigenvalue weighted by Crippen LogP contribution is 2.08. The number of hydrogen-bond acceptors (Lipinski definition) is 5. The Bertz CT molecular complexity index is 458. The number of hydrogen-bond donors (Lipinski definition) is 0. The molecule has 0 fully saturated rings. The van der Waals surface area contributed by atoms with Crippen molar-refractivity contribution in [3.63, 3.8) is 0 Å². The number of esters is 2. The second-order valence-electron chi connectivity index (χ2n) is 3.25. The Kier molecular flexibility index (Phi) is 4.23. The molecule has 0 saturated carbocycles. The summed E-state index contributed by atoms with van der Waals surface area (Å²) in [7, 11) is 1.28. The van der Waals surface area contributed by atoms with E-state index < -0.39 is 18.0 Å². The third-order valence-corrected chi connectivity index (χ3v) is 2.01. The second kappa shape index (κ2) is 5.66. The van der Waals surface area contributed by atoms with Crippen molar-refractivity contribution < 1.29 is 19.1 Å². The van der Waals surface area contributed by atoms with Crippen LogP contribution in [0.25, 0.3) is 0 Å². The van der Waals surface area contributed by atoms with Gasteiger partial charge in [-0.15, -0.1) is 0 Å². The van der Waals surface area contributed by atoms with Crippen LogP contribution in [0.1, 0.15) is 27.6 Å². The lowest BCUT2D eigenvalue weighted by atomic mass is 10.1. The van der Waals surface area contributed by atoms with Gasteiger partial charge in [-0.2, -0.15) is 5.26 Å². The fourth-order valence-corrected chi connectivity index (χ4v) is 1.12. The van der Waals surface area contributed by atoms with Crippen molar-refractivity contribution in [2.75, 3.05) is 7.11 Å². The first-order chi connectivity index (χ1) is 8.08. The van der Waals surface area contributed by atoms with Gasteiger partial charge < -0.3 is 9.47 Å². The zero-order valence-corrected chi connectivity index (χ0v) is 9.47. The van der Waals surface area contributed by atoms with Gasteiger partial charge >= 0.3 is 11.9 Å². The molecule has 0 heterocycles. The molecule has 1 aromatic rings. The molecular weight excluding hydrogens is 222 g/mol. The van der Waals surface area contributed by atoms with E-state index in [1.807, 2.05) is 0 Å². The van der Waals surface area contributed by atoms with E-state index in [0.29, 0.717) is 5.56 Å². The number of nitriles is 1. The van der Waals surface area contributed by atoms with Crippen LogP contribution < -0.4 is 0 Å². The van der Waals surface area contributed by atoms with Gasteiger partial charge in [0.15, 0.2) is 6.10 Å². The number of carbonyl (C=O) groups is 2. The molecule has 1 atom stereocenters. The van der Waals surface area contributed by atoms with E-state index in [2.05, 4.69) is 4.74 Å². The zero-order chi connectivity index (χ0) is 12.8. The van der Waals surface area contributed by atoms with E-state index in [-0.39, 0.29) is 5.56 Å². The maximum atomic E-state index is 11.5. The summed E-state index contributed by atoms with van der Waals surface area (Å²) in [5.41, 5.74) is 0.622. The van der Waals surface area contributed by atoms with Crippen molar-refractivity contribution in [2.24, 2.45) is 0 Å². The fourth-order valence-electron chi connectivity index (χ4n) is 1.12. The van der Waals surface area contributed by atoms with E-state index in [1.165, 1.54) is 38.3 Å². The summed E-state index contributed by atoms with van der Waals surface area (Å²) in [6.45, 7) is 1.47. The van der Waals surface area contributed by atoms with Crippen LogP contribution in [-0.4, -0.2) is 25.2 Å². The summed E-state index contributed by atoms with van der Waals surface area (Å²) in [6.07, 6.45) is -0.803. The van der Waals surface area contributed by atoms with Crippen molar-refractivity contribution >= 4 is 11.9 Å². The molecular formula is C12H11NO4. The minimum atomic E-state index is -0.803. The van der Waals surface area contributed by atoms with E-state index in [4.69, 9.17) is 10.00 Å². The molecule has 88 valence electrons. The van der Waals surface area contributed by atoms with Crippen LogP contribution in [0.3, 0.4) is 0 Å². The molecule has 0 amide bonds. The smallest absolute Gasteiger partial charge is 0.339 e. The van der Waals surface area contributed by atoms with Gasteiger partial charge in [0.05, 0.1) is 18.2 Å². The molecule has 0 radical (unpaired) electrons. The highest BCUT2D eigenvalue weighted by molar-refractivity contribution is 5.93. The van der Waals surface area contributed by atoms with Crippen LogP contribution in [0.15, 0.2) is 24.3 Å². The van der Waals surface area contributed by atoms with Gasteiger partial charge in [0, 0.05) is 0 Å². The van der Waals surface area contributed by atoms with Crippen LogP contribution in [-0.2, 0) is 9.47 Å². The van der Waals surface area contributed by atoms with Gasteiger partial charge in [0.25, 0.3) is 0 Å². The maximum absolute atomic E-state index is 11.5. The van der Waals surface area contributed by atoms with Crippen molar-refractivity contribution in [3.8, 4) is 6.07 Å². The number of methoxy groups -OCH3 is 1. The van der Waals surface area contributed by atoms with Crippen molar-refractivity contribution in [1.29, 1.82) is 5.26 Å². The van der Waals surface area contributed by atoms with E-state index in [1.54, 1.807) is 6.07 Å². The average Bonchev–Trinajstić information content (AvgIpc) is 2.37. The van der Waals surface area contributed by atoms with E-state index in [0.717, 1.165) is 0 Å². The minimum Gasteiger partial charge on any atom is -0.465 e. The van der Waals surface area contributed by atoms with Gasteiger partial charge in [0.1, 0.15) is 6.07 Å². The van der Waals surface area contributed by atoms with Gasteiger partial charge in [-0.1, -0.05) is 0 Å². The summed E-state index contributed by atoms with van der Waals surface area (Å²) in [4.78, 5) is 22.6. The number of benzene rings is 1. The third kappa shape index (κ3) is 3.31. The zero-order valence-electron chi connectivity index (χ0n) is 9.47. The Balaban J connectivity index is 2.78. The van der Waals surface area contributed by atoms with Crippen LogP contribution in [0.5, 0.6) is 0 Å². The Hall–Kier alpha value is -2.35. The molecule has 1 rings (SSSR count). The normalized spacial score (nSPS) is 11.1. The molecule has 0 N–H and O–H groups in total. The Morgan fingerprint density at radius 2 is 1.65 bits per heavy atom. The van der Waals surface area contributed by atoms with Crippen molar-refractivity contribution in [3.05, 3.63) is 35.4 Å². The van der Waals surface area contributed by atoms with Gasteiger partial charge in [0.2, 0.25) is 0 Å². The maximum Gasteiger partial charge on any atom is 0.339 e. The summed E-state index contributed by atoms with van der Waals surface area (Å²) < 4.78 is 9.32. The molecule has 0 aliphatic rings. The molecule has 0 spiro atoms. The van der Waals surface area contributed by atoms with Crippen LogP contribution in [0.2, 0.25) is 0 Å². The lowest BCUT2D eigenvalue weighted by Crippen LogP contribution is -2.13. The Morgan fingerprint density at radius 1 is 1.18 bits per heavy atom. The fraction of sp³-hybridized carbons (Fsp3) is 0.250. The third-order valence-electron chi connectivity index (χ3n) is 2.01. The molecule has 5 nitrogen and oxygen atoms in total. The summed E-state index contributed by atoms with van der Waals surface area (Å²) in [6, 6.07) is 7.59. The molecule has 0 saturated heterocycles. The molecule has 1 aromatic carbocycles. The second-order valence-corrected chi connectivity index (χ2v) is 3.25. The van der Waals surface area contributed by atoms with Crippen LogP contribution in [0, 0.1) is 11.3 Å². The number of rotatable bonds is 3. The first-order valence-electron chi connectivity index (χ1n) is 4.87. The molecule has 0 bridgehead atoms. The molecule has 0 unspecified atom stereocenters. The lowest BCUT2D eigenvalue weighted by molar-refractivity contribution is 0.0434. The predicted octanol–water partition coefficient (Wildman–Crippen LogP) is 1.54. The first kappa shape index (κ1) is 12.7. The molecule has 17 heavy (non-hydrogen) atoms. The highest BCUT2D eigenvalue weighted by atomic mass is 16.5. The largest absolute Gasteiger partial charge is 0.465 e. The van der Waals surface area contributed by atoms with Crippen LogP contribution >= 0.6 is 0 Å². The summed E-state index contributed by atoms with van der Waals surface area (Å²) in [5.74, 6) is -1.08. The van der Waals surface area contributed by atoms with Gasteiger partial charge in [-0.05, 0) is 31.2 Å². The van der Waals surface area contributed by atoms with Gasteiger partial charge in [-0.25, -0.2) is 9.59 Å². The molecule has 5 heteroatoms. The summed E-state index contributed by atoms with van der Waals surface area (Å²) in [5, 5.41) is 8.49. The number of carbonyl (C=O) groups excluding carboxylic acids is 2. The quantitative estimate of drug-likeness (QED) is 0.740. The first-order valence-corrected chi connectivity index (χ1v) is 4.87. The standard InChI is InChI=1S/C12H11NO4/c1-8(7-13)17-12(15)10-5-3-9(4-6-10)11(14)16-2/h3-6,8H,1-2H3/t8-/m0/s1. The molecule has 0 aliphatic heterocycles. The number of ether oxygens (including phenoxy) is 2. The SMILES string of the molecule is COC(=O)c1ccc(C(=O)O[C@@H](C)C#N)cc1. The van der Waals surface area contributed by atoms with Crippen molar-refractivity contribution in [1.82, 2.24) is 0 Å². The number of nitrogens with zero attached hydrogens (tertiary/aromatic N) is 1. The van der Waals surface area contributed by atoms with E-state index >= 15 is 0 Å². The monoisotopic (exact) mass is 233 g/mol. The van der Waals surface area contributed by atoms with E-state index in [9.17, 15) is 9.59 Å². The highest BCUT2D eigenvalue weighted by Gasteiger charge is 2.12. The predicted molar refractivity (Wildman–Crippen MR) is 58.3 cm³/mol. The minimum absolute atomic E-state index is 0.278.